The predicted molar refractivity (Wildman–Crippen MR) is 81.0 cm³/mol. The molecule has 0 bridgehead atoms. The van der Waals surface area contributed by atoms with Crippen molar-refractivity contribution < 1.29 is 14.3 Å². The van der Waals surface area contributed by atoms with E-state index in [-0.39, 0.29) is 5.91 Å². The molecule has 5 heteroatoms. The van der Waals surface area contributed by atoms with Crippen LogP contribution >= 0.6 is 0 Å². The summed E-state index contributed by atoms with van der Waals surface area (Å²) >= 11 is 0. The van der Waals surface area contributed by atoms with Gasteiger partial charge in [-0.15, -0.1) is 0 Å². The Balaban J connectivity index is 1.59. The molecule has 3 aliphatic rings. The number of nitrogens with zero attached hydrogens (tertiary/aromatic N) is 1. The Morgan fingerprint density at radius 3 is 2.59 bits per heavy atom. The first-order valence-corrected chi connectivity index (χ1v) is 8.07. The number of hydrogen-bond donors (Lipinski definition) is 1. The first-order chi connectivity index (χ1) is 10.7. The molecule has 0 aromatic heterocycles. The third-order valence-corrected chi connectivity index (χ3v) is 5.25. The van der Waals surface area contributed by atoms with Crippen molar-refractivity contribution in [2.45, 2.75) is 25.2 Å². The van der Waals surface area contributed by atoms with Gasteiger partial charge in [0.25, 0.3) is 0 Å². The van der Waals surface area contributed by atoms with Gasteiger partial charge in [0, 0.05) is 32.6 Å². The van der Waals surface area contributed by atoms with E-state index in [0.717, 1.165) is 25.9 Å². The highest BCUT2D eigenvalue weighted by Gasteiger charge is 2.64. The van der Waals surface area contributed by atoms with Crippen molar-refractivity contribution in [1.29, 1.82) is 0 Å². The van der Waals surface area contributed by atoms with Gasteiger partial charge in [0.05, 0.1) is 13.2 Å². The Bertz CT molecular complexity index is 556. The number of ether oxygens (including phenoxy) is 2. The molecular weight excluding hydrogens is 280 g/mol. The molecule has 1 aromatic rings. The molecule has 0 unspecified atom stereocenters. The molecule has 4 rings (SSSR count). The summed E-state index contributed by atoms with van der Waals surface area (Å²) in [5.41, 5.74) is 0.719. The second kappa shape index (κ2) is 5.33. The van der Waals surface area contributed by atoms with E-state index in [1.54, 1.807) is 0 Å². The Kier molecular flexibility index (Phi) is 3.44. The third kappa shape index (κ3) is 2.07. The topological polar surface area (TPSA) is 50.8 Å². The summed E-state index contributed by atoms with van der Waals surface area (Å²) in [4.78, 5) is 15.0. The summed E-state index contributed by atoms with van der Waals surface area (Å²) in [6.45, 7) is 4.36. The van der Waals surface area contributed by atoms with Crippen LogP contribution in [0.3, 0.4) is 0 Å². The molecule has 0 saturated carbocycles. The highest BCUT2D eigenvalue weighted by atomic mass is 16.7. The minimum atomic E-state index is -0.708. The number of benzene rings is 1. The van der Waals surface area contributed by atoms with Crippen LogP contribution in [0.5, 0.6) is 0 Å². The summed E-state index contributed by atoms with van der Waals surface area (Å²) in [7, 11) is 0. The third-order valence-electron chi connectivity index (χ3n) is 5.25. The molecular formula is C17H22N2O3. The van der Waals surface area contributed by atoms with Crippen molar-refractivity contribution in [1.82, 2.24) is 10.2 Å². The number of piperidine rings is 1. The highest BCUT2D eigenvalue weighted by Crippen LogP contribution is 2.49. The summed E-state index contributed by atoms with van der Waals surface area (Å²) in [6.07, 6.45) is 1.55. The highest BCUT2D eigenvalue weighted by molar-refractivity contribution is 5.86. The molecule has 1 N–H and O–H groups in total. The molecule has 1 amide bonds. The van der Waals surface area contributed by atoms with Crippen LogP contribution in [0.2, 0.25) is 0 Å². The number of carbonyl (C=O) groups excluding carboxylic acids is 1. The lowest BCUT2D eigenvalue weighted by Gasteiger charge is -2.49. The molecule has 2 spiro atoms. The lowest BCUT2D eigenvalue weighted by Crippen LogP contribution is -2.63. The maximum absolute atomic E-state index is 12.6. The van der Waals surface area contributed by atoms with E-state index in [4.69, 9.17) is 9.47 Å². The number of rotatable bonds is 2. The number of fused-ring (bicyclic) bond motifs is 1. The zero-order valence-corrected chi connectivity index (χ0v) is 12.7. The van der Waals surface area contributed by atoms with Gasteiger partial charge in [-0.3, -0.25) is 9.69 Å². The van der Waals surface area contributed by atoms with Gasteiger partial charge in [0.1, 0.15) is 5.41 Å². The van der Waals surface area contributed by atoms with E-state index in [9.17, 15) is 4.79 Å². The SMILES string of the molecule is O=C1NCC[C@]12CN(Cc1ccccc1)CCC21OCCO1. The van der Waals surface area contributed by atoms with E-state index >= 15 is 0 Å². The average Bonchev–Trinajstić information content (AvgIpc) is 3.14. The maximum Gasteiger partial charge on any atom is 0.233 e. The first-order valence-electron chi connectivity index (χ1n) is 8.07. The van der Waals surface area contributed by atoms with E-state index in [0.29, 0.717) is 26.3 Å². The fraction of sp³-hybridized carbons (Fsp3) is 0.588. The van der Waals surface area contributed by atoms with E-state index in [1.165, 1.54) is 5.56 Å². The van der Waals surface area contributed by atoms with Gasteiger partial charge in [-0.2, -0.15) is 0 Å². The lowest BCUT2D eigenvalue weighted by atomic mass is 9.72. The number of hydrogen-bond acceptors (Lipinski definition) is 4. The molecule has 118 valence electrons. The van der Waals surface area contributed by atoms with Crippen molar-refractivity contribution in [3.05, 3.63) is 35.9 Å². The van der Waals surface area contributed by atoms with Crippen molar-refractivity contribution in [3.63, 3.8) is 0 Å². The minimum absolute atomic E-state index is 0.0900. The van der Waals surface area contributed by atoms with E-state index in [1.807, 2.05) is 6.07 Å². The molecule has 22 heavy (non-hydrogen) atoms. The Hall–Kier alpha value is -1.43. The Morgan fingerprint density at radius 1 is 1.14 bits per heavy atom. The quantitative estimate of drug-likeness (QED) is 0.890. The van der Waals surface area contributed by atoms with Crippen LogP contribution < -0.4 is 5.32 Å². The van der Waals surface area contributed by atoms with Crippen LogP contribution in [0.4, 0.5) is 0 Å². The van der Waals surface area contributed by atoms with Crippen LogP contribution in [0.1, 0.15) is 18.4 Å². The van der Waals surface area contributed by atoms with Gasteiger partial charge < -0.3 is 14.8 Å². The Labute approximate surface area is 130 Å². The zero-order chi connectivity index (χ0) is 15.0. The molecule has 5 nitrogen and oxygen atoms in total. The van der Waals surface area contributed by atoms with Crippen molar-refractivity contribution in [2.75, 3.05) is 32.8 Å². The largest absolute Gasteiger partial charge is 0.355 e. The predicted octanol–water partition coefficient (Wildman–Crippen LogP) is 1.14. The van der Waals surface area contributed by atoms with Crippen molar-refractivity contribution >= 4 is 5.91 Å². The molecule has 0 radical (unpaired) electrons. The van der Waals surface area contributed by atoms with Gasteiger partial charge in [-0.25, -0.2) is 0 Å². The zero-order valence-electron chi connectivity index (χ0n) is 12.7. The number of nitrogens with one attached hydrogen (secondary N) is 1. The summed E-state index contributed by atoms with van der Waals surface area (Å²) in [6, 6.07) is 10.4. The second-order valence-electron chi connectivity index (χ2n) is 6.48. The van der Waals surface area contributed by atoms with Crippen LogP contribution in [0, 0.1) is 5.41 Å². The first kappa shape index (κ1) is 14.2. The van der Waals surface area contributed by atoms with Gasteiger partial charge in [0.15, 0.2) is 5.79 Å². The minimum Gasteiger partial charge on any atom is -0.355 e. The van der Waals surface area contributed by atoms with Crippen LogP contribution in [0.15, 0.2) is 30.3 Å². The summed E-state index contributed by atoms with van der Waals surface area (Å²) in [5.74, 6) is -0.618. The summed E-state index contributed by atoms with van der Waals surface area (Å²) < 4.78 is 12.0. The molecule has 3 aliphatic heterocycles. The maximum atomic E-state index is 12.6. The average molecular weight is 302 g/mol. The van der Waals surface area contributed by atoms with Gasteiger partial charge in [-0.05, 0) is 12.0 Å². The van der Waals surface area contributed by atoms with Crippen LogP contribution in [0.25, 0.3) is 0 Å². The van der Waals surface area contributed by atoms with Crippen LogP contribution in [-0.2, 0) is 20.8 Å². The van der Waals surface area contributed by atoms with E-state index < -0.39 is 11.2 Å². The number of carbonyl (C=O) groups is 1. The molecule has 0 aliphatic carbocycles. The molecule has 1 atom stereocenters. The van der Waals surface area contributed by atoms with E-state index in [2.05, 4.69) is 34.5 Å². The fourth-order valence-electron chi connectivity index (χ4n) is 4.16. The fourth-order valence-corrected chi connectivity index (χ4v) is 4.16. The Morgan fingerprint density at radius 2 is 1.91 bits per heavy atom. The number of likely N-dealkylation sites (tertiary alicyclic amines) is 1. The van der Waals surface area contributed by atoms with Gasteiger partial charge in [-0.1, -0.05) is 30.3 Å². The molecule has 3 fully saturated rings. The molecule has 3 saturated heterocycles. The second-order valence-corrected chi connectivity index (χ2v) is 6.48. The lowest BCUT2D eigenvalue weighted by molar-refractivity contribution is -0.255. The van der Waals surface area contributed by atoms with Gasteiger partial charge >= 0.3 is 0 Å². The molecule has 1 aromatic carbocycles. The van der Waals surface area contributed by atoms with Crippen molar-refractivity contribution in [2.24, 2.45) is 5.41 Å². The van der Waals surface area contributed by atoms with Crippen LogP contribution in [-0.4, -0.2) is 49.4 Å². The smallest absolute Gasteiger partial charge is 0.233 e. The number of amides is 1. The summed E-state index contributed by atoms with van der Waals surface area (Å²) in [5, 5.41) is 2.99. The normalized spacial score (nSPS) is 31.0. The standard InChI is InChI=1S/C17H22N2O3/c20-15-16(6-8-18-15)13-19(12-14-4-2-1-3-5-14)9-7-17(16)21-10-11-22-17/h1-5H,6-13H2,(H,18,20)/t16-/m0/s1. The monoisotopic (exact) mass is 302 g/mol. The van der Waals surface area contributed by atoms with Crippen molar-refractivity contribution in [3.8, 4) is 0 Å². The van der Waals surface area contributed by atoms with Gasteiger partial charge in [0.2, 0.25) is 5.91 Å². The molecule has 3 heterocycles.